The summed E-state index contributed by atoms with van der Waals surface area (Å²) in [7, 11) is 1.35. The van der Waals surface area contributed by atoms with Gasteiger partial charge in [-0.25, -0.2) is 0 Å². The Hall–Kier alpha value is -3.45. The van der Waals surface area contributed by atoms with Gasteiger partial charge in [0.1, 0.15) is 0 Å². The highest BCUT2D eigenvalue weighted by Crippen LogP contribution is 2.31. The van der Waals surface area contributed by atoms with E-state index in [9.17, 15) is 13.6 Å². The van der Waals surface area contributed by atoms with Crippen molar-refractivity contribution in [1.29, 1.82) is 0 Å². The molecule has 1 aliphatic rings. The Kier molecular flexibility index (Phi) is 7.19. The lowest BCUT2D eigenvalue weighted by Gasteiger charge is -2.27. The Morgan fingerprint density at radius 1 is 1.03 bits per heavy atom. The number of rotatable bonds is 8. The van der Waals surface area contributed by atoms with Gasteiger partial charge in [-0.15, -0.1) is 0 Å². The molecular formula is C26H26F2N2O3. The van der Waals surface area contributed by atoms with E-state index in [4.69, 9.17) is 4.74 Å². The van der Waals surface area contributed by atoms with Gasteiger partial charge in [-0.05, 0) is 60.8 Å². The zero-order valence-corrected chi connectivity index (χ0v) is 18.3. The third-order valence-corrected chi connectivity index (χ3v) is 5.70. The molecule has 1 atom stereocenters. The quantitative estimate of drug-likeness (QED) is 0.500. The van der Waals surface area contributed by atoms with E-state index in [0.29, 0.717) is 12.1 Å². The number of anilines is 1. The van der Waals surface area contributed by atoms with Gasteiger partial charge in [0.05, 0.1) is 7.11 Å². The van der Waals surface area contributed by atoms with Crippen molar-refractivity contribution in [3.8, 4) is 22.6 Å². The molecule has 1 amide bonds. The average Bonchev–Trinajstić information content (AvgIpc) is 3.36. The summed E-state index contributed by atoms with van der Waals surface area (Å²) in [5.74, 6) is -0.270. The van der Waals surface area contributed by atoms with Crippen molar-refractivity contribution in [2.75, 3.05) is 25.1 Å². The molecule has 3 aromatic carbocycles. The largest absolute Gasteiger partial charge is 0.493 e. The van der Waals surface area contributed by atoms with Crippen molar-refractivity contribution in [2.24, 2.45) is 0 Å². The van der Waals surface area contributed by atoms with Crippen molar-refractivity contribution in [3.05, 3.63) is 78.4 Å². The molecule has 1 N–H and O–H groups in total. The van der Waals surface area contributed by atoms with Crippen molar-refractivity contribution < 1.29 is 23.0 Å². The lowest BCUT2D eigenvalue weighted by atomic mass is 10.0. The molecule has 33 heavy (non-hydrogen) atoms. The fraction of sp³-hybridized carbons (Fsp3) is 0.269. The van der Waals surface area contributed by atoms with Gasteiger partial charge in [0.2, 0.25) is 0 Å². The van der Waals surface area contributed by atoms with Crippen molar-refractivity contribution >= 4 is 11.6 Å². The van der Waals surface area contributed by atoms with Gasteiger partial charge in [0.15, 0.2) is 11.5 Å². The number of hydrogen-bond acceptors (Lipinski definition) is 4. The summed E-state index contributed by atoms with van der Waals surface area (Å²) in [4.78, 5) is 15.4. The predicted octanol–water partition coefficient (Wildman–Crippen LogP) is 5.36. The number of ether oxygens (including phenoxy) is 2. The van der Waals surface area contributed by atoms with E-state index in [1.807, 2.05) is 54.6 Å². The fourth-order valence-electron chi connectivity index (χ4n) is 4.07. The first-order valence-corrected chi connectivity index (χ1v) is 10.9. The number of nitrogens with one attached hydrogen (secondary N) is 1. The van der Waals surface area contributed by atoms with Gasteiger partial charge >= 0.3 is 6.61 Å². The molecule has 1 unspecified atom stereocenters. The van der Waals surface area contributed by atoms with Gasteiger partial charge in [-0.3, -0.25) is 4.79 Å². The monoisotopic (exact) mass is 452 g/mol. The van der Waals surface area contributed by atoms with Gasteiger partial charge in [0, 0.05) is 23.8 Å². The normalized spacial score (nSPS) is 15.5. The summed E-state index contributed by atoms with van der Waals surface area (Å²) in [6, 6.07) is 22.2. The third kappa shape index (κ3) is 5.49. The fourth-order valence-corrected chi connectivity index (χ4v) is 4.07. The van der Waals surface area contributed by atoms with Crippen LogP contribution in [0.25, 0.3) is 11.1 Å². The number of nitrogens with zero attached hydrogens (tertiary/aromatic N) is 1. The highest BCUT2D eigenvalue weighted by Gasteiger charge is 2.25. The molecule has 7 heteroatoms. The van der Waals surface area contributed by atoms with Crippen LogP contribution in [0.5, 0.6) is 11.5 Å². The number of benzene rings is 3. The molecule has 0 aromatic heterocycles. The van der Waals surface area contributed by atoms with Gasteiger partial charge in [-0.2, -0.15) is 8.78 Å². The maximum Gasteiger partial charge on any atom is 0.387 e. The molecule has 0 saturated carbocycles. The number of alkyl halides is 2. The second kappa shape index (κ2) is 10.4. The topological polar surface area (TPSA) is 50.8 Å². The van der Waals surface area contributed by atoms with E-state index in [1.165, 1.54) is 25.3 Å². The van der Waals surface area contributed by atoms with Crippen LogP contribution in [0.2, 0.25) is 0 Å². The summed E-state index contributed by atoms with van der Waals surface area (Å²) < 4.78 is 35.1. The van der Waals surface area contributed by atoms with Gasteiger partial charge < -0.3 is 19.7 Å². The standard InChI is InChI=1S/C26H26F2N2O3/c1-32-24-16-20(12-13-23(24)33-26(27)28)25(31)30(17-21-10-6-14-29-21)22-11-5-9-19(15-22)18-7-3-2-4-8-18/h2-5,7-9,11-13,15-16,21,26,29H,6,10,14,17H2,1H3. The first-order valence-electron chi connectivity index (χ1n) is 10.9. The summed E-state index contributed by atoms with van der Waals surface area (Å²) in [5, 5.41) is 3.44. The molecule has 1 saturated heterocycles. The van der Waals surface area contributed by atoms with Crippen LogP contribution in [0.4, 0.5) is 14.5 Å². The molecule has 3 aromatic rings. The van der Waals surface area contributed by atoms with E-state index in [1.54, 1.807) is 4.90 Å². The van der Waals surface area contributed by atoms with Crippen LogP contribution in [-0.2, 0) is 0 Å². The minimum absolute atomic E-state index is 0.0816. The molecule has 0 bridgehead atoms. The molecule has 0 spiro atoms. The van der Waals surface area contributed by atoms with E-state index >= 15 is 0 Å². The first-order chi connectivity index (χ1) is 16.0. The van der Waals surface area contributed by atoms with E-state index < -0.39 is 6.61 Å². The Bertz CT molecular complexity index is 1090. The summed E-state index contributed by atoms with van der Waals surface area (Å²) in [6.07, 6.45) is 2.04. The highest BCUT2D eigenvalue weighted by atomic mass is 19.3. The van der Waals surface area contributed by atoms with Crippen LogP contribution in [0, 0.1) is 0 Å². The Balaban J connectivity index is 1.68. The van der Waals surface area contributed by atoms with Crippen molar-refractivity contribution in [2.45, 2.75) is 25.5 Å². The van der Waals surface area contributed by atoms with Crippen LogP contribution >= 0.6 is 0 Å². The maximum atomic E-state index is 13.6. The summed E-state index contributed by atoms with van der Waals surface area (Å²) in [5.41, 5.74) is 3.16. The molecule has 1 heterocycles. The molecule has 4 rings (SSSR count). The molecule has 1 aliphatic heterocycles. The number of amides is 1. The lowest BCUT2D eigenvalue weighted by Crippen LogP contribution is -2.41. The zero-order chi connectivity index (χ0) is 23.2. The summed E-state index contributed by atoms with van der Waals surface area (Å²) >= 11 is 0. The minimum atomic E-state index is -2.98. The Labute approximate surface area is 191 Å². The van der Waals surface area contributed by atoms with Crippen LogP contribution in [0.15, 0.2) is 72.8 Å². The molecule has 0 radical (unpaired) electrons. The second-order valence-corrected chi connectivity index (χ2v) is 7.87. The zero-order valence-electron chi connectivity index (χ0n) is 18.3. The van der Waals surface area contributed by atoms with Gasteiger partial charge in [0.25, 0.3) is 5.91 Å². The molecule has 0 aliphatic carbocycles. The van der Waals surface area contributed by atoms with Crippen molar-refractivity contribution in [1.82, 2.24) is 5.32 Å². The van der Waals surface area contributed by atoms with E-state index in [0.717, 1.165) is 36.2 Å². The maximum absolute atomic E-state index is 13.6. The average molecular weight is 453 g/mol. The predicted molar refractivity (Wildman–Crippen MR) is 124 cm³/mol. The lowest BCUT2D eigenvalue weighted by molar-refractivity contribution is -0.0512. The SMILES string of the molecule is COc1cc(C(=O)N(CC2CCCN2)c2cccc(-c3ccccc3)c2)ccc1OC(F)F. The second-order valence-electron chi connectivity index (χ2n) is 7.87. The van der Waals surface area contributed by atoms with Gasteiger partial charge in [-0.1, -0.05) is 42.5 Å². The number of methoxy groups -OCH3 is 1. The minimum Gasteiger partial charge on any atom is -0.493 e. The number of carbonyl (C=O) groups is 1. The van der Waals surface area contributed by atoms with Crippen LogP contribution in [-0.4, -0.2) is 38.8 Å². The third-order valence-electron chi connectivity index (χ3n) is 5.70. The number of halogens is 2. The van der Waals surface area contributed by atoms with Crippen molar-refractivity contribution in [3.63, 3.8) is 0 Å². The van der Waals surface area contributed by atoms with Crippen LogP contribution < -0.4 is 19.7 Å². The molecular weight excluding hydrogens is 426 g/mol. The Morgan fingerprint density at radius 2 is 1.82 bits per heavy atom. The Morgan fingerprint density at radius 3 is 2.52 bits per heavy atom. The number of hydrogen-bond donors (Lipinski definition) is 1. The summed E-state index contributed by atoms with van der Waals surface area (Å²) in [6.45, 7) is -1.56. The molecule has 5 nitrogen and oxygen atoms in total. The highest BCUT2D eigenvalue weighted by molar-refractivity contribution is 6.06. The van der Waals surface area contributed by atoms with E-state index in [2.05, 4.69) is 10.1 Å². The van der Waals surface area contributed by atoms with E-state index in [-0.39, 0.29) is 23.4 Å². The van der Waals surface area contributed by atoms with Crippen LogP contribution in [0.1, 0.15) is 23.2 Å². The smallest absolute Gasteiger partial charge is 0.387 e. The molecule has 1 fully saturated rings. The molecule has 172 valence electrons. The van der Waals surface area contributed by atoms with Crippen LogP contribution in [0.3, 0.4) is 0 Å². The number of carbonyl (C=O) groups excluding carboxylic acids is 1. The first kappa shape index (κ1) is 22.7.